The minimum atomic E-state index is -1.07. The van der Waals surface area contributed by atoms with E-state index >= 15 is 0 Å². The van der Waals surface area contributed by atoms with Crippen LogP contribution in [0.5, 0.6) is 0 Å². The van der Waals surface area contributed by atoms with E-state index in [4.69, 9.17) is 11.6 Å². The van der Waals surface area contributed by atoms with Crippen molar-refractivity contribution in [2.45, 2.75) is 25.5 Å². The van der Waals surface area contributed by atoms with Crippen molar-refractivity contribution < 1.29 is 19.0 Å². The summed E-state index contributed by atoms with van der Waals surface area (Å²) in [5.74, 6) is -1.07. The Balaban J connectivity index is 1.90. The van der Waals surface area contributed by atoms with Crippen LogP contribution in [0, 0.1) is 11.7 Å². The Hall–Kier alpha value is -1.17. The fourth-order valence-electron chi connectivity index (χ4n) is 2.65. The Labute approximate surface area is 128 Å². The topological polar surface area (TPSA) is 49.8 Å². The molecule has 1 aromatic rings. The number of benzene rings is 1. The first-order chi connectivity index (χ1) is 10.0. The van der Waals surface area contributed by atoms with Crippen LogP contribution in [0.1, 0.15) is 18.4 Å². The molecule has 0 saturated carbocycles. The van der Waals surface area contributed by atoms with E-state index in [9.17, 15) is 14.3 Å². The highest BCUT2D eigenvalue weighted by Gasteiger charge is 2.30. The minimum absolute atomic E-state index is 0.0992. The lowest BCUT2D eigenvalue weighted by atomic mass is 9.91. The highest BCUT2D eigenvalue weighted by atomic mass is 35.5. The summed E-state index contributed by atoms with van der Waals surface area (Å²) in [5.41, 5.74) is 0.564. The number of nitrogens with zero attached hydrogens (tertiary/aromatic N) is 1. The fraction of sp³-hybridized carbons (Fsp3) is 0.533. The summed E-state index contributed by atoms with van der Waals surface area (Å²) in [7, 11) is 1.27. The second-order valence-corrected chi connectivity index (χ2v) is 5.70. The summed E-state index contributed by atoms with van der Waals surface area (Å²) in [4.78, 5) is 13.4. The third-order valence-electron chi connectivity index (χ3n) is 3.95. The van der Waals surface area contributed by atoms with Gasteiger partial charge in [0, 0.05) is 12.1 Å². The summed E-state index contributed by atoms with van der Waals surface area (Å²) in [5, 5.41) is 9.96. The molecular weight excluding hydrogens is 297 g/mol. The zero-order chi connectivity index (χ0) is 15.4. The molecule has 0 aromatic heterocycles. The lowest BCUT2D eigenvalue weighted by Crippen LogP contribution is -2.40. The van der Waals surface area contributed by atoms with Crippen LogP contribution in [-0.4, -0.2) is 42.3 Å². The fourth-order valence-corrected chi connectivity index (χ4v) is 2.85. The molecule has 0 radical (unpaired) electrons. The van der Waals surface area contributed by atoms with Crippen LogP contribution in [0.25, 0.3) is 0 Å². The normalized spacial score (nSPS) is 18.5. The molecule has 0 spiro atoms. The molecule has 21 heavy (non-hydrogen) atoms. The predicted molar refractivity (Wildman–Crippen MR) is 77.4 cm³/mol. The molecule has 0 unspecified atom stereocenters. The average Bonchev–Trinajstić information content (AvgIpc) is 2.51. The first kappa shape index (κ1) is 16.2. The molecule has 1 N–H and O–H groups in total. The van der Waals surface area contributed by atoms with Gasteiger partial charge in [-0.3, -0.25) is 4.90 Å². The molecule has 1 aliphatic heterocycles. The van der Waals surface area contributed by atoms with Crippen molar-refractivity contribution in [3.05, 3.63) is 34.6 Å². The minimum Gasteiger partial charge on any atom is -0.467 e. The molecule has 6 heteroatoms. The monoisotopic (exact) mass is 315 g/mol. The third kappa shape index (κ3) is 3.93. The number of hydrogen-bond donors (Lipinski definition) is 1. The first-order valence-corrected chi connectivity index (χ1v) is 7.32. The number of ether oxygens (including phenoxy) is 1. The van der Waals surface area contributed by atoms with Gasteiger partial charge in [-0.25, -0.2) is 9.18 Å². The number of esters is 1. The molecule has 0 bridgehead atoms. The van der Waals surface area contributed by atoms with Crippen LogP contribution in [-0.2, 0) is 16.1 Å². The van der Waals surface area contributed by atoms with Gasteiger partial charge in [-0.05, 0) is 37.9 Å². The largest absolute Gasteiger partial charge is 0.467 e. The van der Waals surface area contributed by atoms with Crippen molar-refractivity contribution in [3.8, 4) is 0 Å². The second-order valence-electron chi connectivity index (χ2n) is 5.29. The van der Waals surface area contributed by atoms with Gasteiger partial charge >= 0.3 is 5.97 Å². The van der Waals surface area contributed by atoms with Crippen molar-refractivity contribution in [2.24, 2.45) is 5.92 Å². The highest BCUT2D eigenvalue weighted by molar-refractivity contribution is 6.30. The molecule has 1 aromatic carbocycles. The van der Waals surface area contributed by atoms with Gasteiger partial charge in [-0.1, -0.05) is 23.7 Å². The maximum atomic E-state index is 13.9. The number of hydrogen-bond acceptors (Lipinski definition) is 4. The molecule has 1 fully saturated rings. The molecule has 1 heterocycles. The van der Waals surface area contributed by atoms with Crippen molar-refractivity contribution in [3.63, 3.8) is 0 Å². The molecule has 1 aliphatic rings. The van der Waals surface area contributed by atoms with Gasteiger partial charge in [-0.15, -0.1) is 0 Å². The first-order valence-electron chi connectivity index (χ1n) is 6.94. The number of methoxy groups -OCH3 is 1. The number of carbonyl (C=O) groups excluding carboxylic acids is 1. The second kappa shape index (κ2) is 7.20. The van der Waals surface area contributed by atoms with Gasteiger partial charge in [0.1, 0.15) is 5.82 Å². The van der Waals surface area contributed by atoms with E-state index in [0.717, 1.165) is 0 Å². The third-order valence-corrected chi connectivity index (χ3v) is 4.24. The van der Waals surface area contributed by atoms with Crippen LogP contribution in [0.15, 0.2) is 18.2 Å². The van der Waals surface area contributed by atoms with E-state index in [1.54, 1.807) is 12.1 Å². The molecule has 1 atom stereocenters. The van der Waals surface area contributed by atoms with Crippen LogP contribution in [0.2, 0.25) is 5.02 Å². The summed E-state index contributed by atoms with van der Waals surface area (Å²) < 4.78 is 18.4. The summed E-state index contributed by atoms with van der Waals surface area (Å²) >= 11 is 5.77. The van der Waals surface area contributed by atoms with Crippen molar-refractivity contribution in [2.75, 3.05) is 20.2 Å². The van der Waals surface area contributed by atoms with Gasteiger partial charge in [0.2, 0.25) is 0 Å². The number of halogens is 2. The number of likely N-dealkylation sites (tertiary alicyclic amines) is 1. The van der Waals surface area contributed by atoms with Gasteiger partial charge in [0.05, 0.1) is 12.1 Å². The van der Waals surface area contributed by atoms with Gasteiger partial charge < -0.3 is 9.84 Å². The standard InChI is InChI=1S/C15H19ClFNO3/c1-21-15(20)14(19)10-5-7-18(8-6-10)9-11-3-2-4-12(16)13(11)17/h2-4,10,14,19H,5-9H2,1H3/t14-/m1/s1. The Morgan fingerprint density at radius 2 is 2.19 bits per heavy atom. The van der Waals surface area contributed by atoms with Gasteiger partial charge in [0.25, 0.3) is 0 Å². The number of carbonyl (C=O) groups is 1. The van der Waals surface area contributed by atoms with Crippen LogP contribution in [0.4, 0.5) is 4.39 Å². The zero-order valence-electron chi connectivity index (χ0n) is 11.9. The smallest absolute Gasteiger partial charge is 0.334 e. The van der Waals surface area contributed by atoms with E-state index in [1.807, 2.05) is 0 Å². The molecule has 4 nitrogen and oxygen atoms in total. The van der Waals surface area contributed by atoms with E-state index in [-0.39, 0.29) is 16.8 Å². The Kier molecular flexibility index (Phi) is 5.56. The van der Waals surface area contributed by atoms with E-state index in [0.29, 0.717) is 38.0 Å². The predicted octanol–water partition coefficient (Wildman–Crippen LogP) is 2.22. The number of piperidine rings is 1. The van der Waals surface area contributed by atoms with Crippen LogP contribution in [0.3, 0.4) is 0 Å². The molecule has 1 saturated heterocycles. The maximum absolute atomic E-state index is 13.9. The molecular formula is C15H19ClFNO3. The zero-order valence-corrected chi connectivity index (χ0v) is 12.6. The molecule has 0 amide bonds. The van der Waals surface area contributed by atoms with E-state index in [2.05, 4.69) is 9.64 Å². The quantitative estimate of drug-likeness (QED) is 0.866. The Morgan fingerprint density at radius 1 is 1.52 bits per heavy atom. The molecule has 0 aliphatic carbocycles. The lowest BCUT2D eigenvalue weighted by molar-refractivity contribution is -0.154. The van der Waals surface area contributed by atoms with Crippen LogP contribution < -0.4 is 0 Å². The summed E-state index contributed by atoms with van der Waals surface area (Å²) in [6.45, 7) is 1.88. The lowest BCUT2D eigenvalue weighted by Gasteiger charge is -2.33. The van der Waals surface area contributed by atoms with Crippen molar-refractivity contribution in [1.29, 1.82) is 0 Å². The molecule has 2 rings (SSSR count). The van der Waals surface area contributed by atoms with Crippen molar-refractivity contribution >= 4 is 17.6 Å². The van der Waals surface area contributed by atoms with E-state index < -0.39 is 12.1 Å². The Morgan fingerprint density at radius 3 is 2.81 bits per heavy atom. The van der Waals surface area contributed by atoms with Crippen LogP contribution >= 0.6 is 11.6 Å². The van der Waals surface area contributed by atoms with Gasteiger partial charge in [0.15, 0.2) is 6.10 Å². The maximum Gasteiger partial charge on any atom is 0.334 e. The van der Waals surface area contributed by atoms with Crippen molar-refractivity contribution in [1.82, 2.24) is 4.90 Å². The SMILES string of the molecule is COC(=O)[C@H](O)C1CCN(Cc2cccc(Cl)c2F)CC1. The van der Waals surface area contributed by atoms with Gasteiger partial charge in [-0.2, -0.15) is 0 Å². The average molecular weight is 316 g/mol. The highest BCUT2D eigenvalue weighted by Crippen LogP contribution is 2.24. The summed E-state index contributed by atoms with van der Waals surface area (Å²) in [6.07, 6.45) is 0.289. The number of aliphatic hydroxyl groups is 1. The Bertz CT molecular complexity index is 504. The van der Waals surface area contributed by atoms with E-state index in [1.165, 1.54) is 13.2 Å². The molecule has 116 valence electrons. The summed E-state index contributed by atoms with van der Waals surface area (Å²) in [6, 6.07) is 4.98. The number of rotatable bonds is 4. The number of aliphatic hydroxyl groups excluding tert-OH is 1.